The van der Waals surface area contributed by atoms with Gasteiger partial charge in [0.05, 0.1) is 11.1 Å². The van der Waals surface area contributed by atoms with Crippen molar-refractivity contribution in [1.29, 1.82) is 5.26 Å². The molecule has 3 nitrogen and oxygen atoms in total. The molecular formula is C16H10F6N2O. The number of rotatable bonds is 1. The van der Waals surface area contributed by atoms with E-state index in [0.717, 1.165) is 22.8 Å². The molecule has 25 heavy (non-hydrogen) atoms. The molecule has 1 unspecified atom stereocenters. The van der Waals surface area contributed by atoms with Crippen LogP contribution in [-0.4, -0.2) is 15.6 Å². The van der Waals surface area contributed by atoms with Crippen molar-refractivity contribution in [2.45, 2.75) is 31.0 Å². The Morgan fingerprint density at radius 1 is 1.28 bits per heavy atom. The summed E-state index contributed by atoms with van der Waals surface area (Å²) >= 11 is 0. The molecule has 1 heterocycles. The molecule has 0 spiro atoms. The van der Waals surface area contributed by atoms with Crippen LogP contribution < -0.4 is 0 Å². The minimum Gasteiger partial charge on any atom is -0.382 e. The van der Waals surface area contributed by atoms with Crippen molar-refractivity contribution < 1.29 is 31.4 Å². The van der Waals surface area contributed by atoms with Crippen LogP contribution in [0.2, 0.25) is 0 Å². The summed E-state index contributed by atoms with van der Waals surface area (Å²) < 4.78 is 81.6. The van der Waals surface area contributed by atoms with Crippen LogP contribution in [0.3, 0.4) is 0 Å². The lowest BCUT2D eigenvalue weighted by atomic mass is 9.89. The molecule has 0 aliphatic heterocycles. The zero-order valence-electron chi connectivity index (χ0n) is 12.4. The molecule has 1 aromatic heterocycles. The molecule has 0 fully saturated rings. The van der Waals surface area contributed by atoms with Gasteiger partial charge >= 0.3 is 6.18 Å². The lowest BCUT2D eigenvalue weighted by Gasteiger charge is -2.29. The van der Waals surface area contributed by atoms with Crippen molar-refractivity contribution in [3.8, 4) is 11.8 Å². The zero-order valence-corrected chi connectivity index (χ0v) is 12.4. The topological polar surface area (TPSA) is 49.0 Å². The predicted octanol–water partition coefficient (Wildman–Crippen LogP) is 4.12. The van der Waals surface area contributed by atoms with Gasteiger partial charge in [-0.2, -0.15) is 18.4 Å². The first-order chi connectivity index (χ1) is 11.6. The average molecular weight is 360 g/mol. The molecule has 0 saturated carbocycles. The van der Waals surface area contributed by atoms with Crippen molar-refractivity contribution in [3.63, 3.8) is 0 Å². The van der Waals surface area contributed by atoms with Gasteiger partial charge in [-0.05, 0) is 24.6 Å². The summed E-state index contributed by atoms with van der Waals surface area (Å²) in [5.41, 5.74) is -2.78. The Labute approximate surface area is 137 Å². The van der Waals surface area contributed by atoms with E-state index in [0.29, 0.717) is 6.20 Å². The van der Waals surface area contributed by atoms with Crippen molar-refractivity contribution in [2.24, 2.45) is 0 Å². The van der Waals surface area contributed by atoms with Crippen LogP contribution in [0.25, 0.3) is 5.69 Å². The molecule has 1 aromatic carbocycles. The number of aromatic nitrogens is 1. The molecular weight excluding hydrogens is 350 g/mol. The van der Waals surface area contributed by atoms with Gasteiger partial charge in [-0.25, -0.2) is 13.2 Å². The predicted molar refractivity (Wildman–Crippen MR) is 73.7 cm³/mol. The molecule has 0 amide bonds. The Morgan fingerprint density at radius 3 is 2.56 bits per heavy atom. The number of hydrogen-bond acceptors (Lipinski definition) is 2. The largest absolute Gasteiger partial charge is 0.418 e. The minimum absolute atomic E-state index is 0.0158. The number of nitriles is 1. The van der Waals surface area contributed by atoms with Gasteiger partial charge in [0.25, 0.3) is 5.92 Å². The normalized spacial score (nSPS) is 19.4. The van der Waals surface area contributed by atoms with Gasteiger partial charge in [0.2, 0.25) is 0 Å². The Kier molecular flexibility index (Phi) is 3.84. The van der Waals surface area contributed by atoms with Crippen LogP contribution in [0.1, 0.15) is 34.9 Å². The molecule has 1 atom stereocenters. The number of hydrogen-bond donors (Lipinski definition) is 1. The fraction of sp³-hybridized carbons (Fsp3) is 0.312. The second kappa shape index (κ2) is 5.52. The molecule has 2 aromatic rings. The van der Waals surface area contributed by atoms with Crippen molar-refractivity contribution >= 4 is 0 Å². The lowest BCUT2D eigenvalue weighted by molar-refractivity contribution is -0.147. The molecule has 0 bridgehead atoms. The van der Waals surface area contributed by atoms with Gasteiger partial charge in [0.1, 0.15) is 18.0 Å². The third-order valence-electron chi connectivity index (χ3n) is 4.17. The van der Waals surface area contributed by atoms with Crippen LogP contribution in [0.4, 0.5) is 26.3 Å². The maximum absolute atomic E-state index is 13.7. The Morgan fingerprint density at radius 2 is 1.96 bits per heavy atom. The molecule has 0 saturated heterocycles. The summed E-state index contributed by atoms with van der Waals surface area (Å²) in [5.74, 6) is -4.53. The van der Waals surface area contributed by atoms with Gasteiger partial charge in [0, 0.05) is 29.6 Å². The summed E-state index contributed by atoms with van der Waals surface area (Å²) in [6, 6.07) is 4.63. The maximum Gasteiger partial charge on any atom is 0.418 e. The SMILES string of the molecule is N#Cc1cc(-n2cc(C(F)(F)F)c3c2CCC(F)(F)C3O)ccc1F. The number of alkyl halides is 5. The molecule has 1 aliphatic carbocycles. The molecule has 1 N–H and O–H groups in total. The summed E-state index contributed by atoms with van der Waals surface area (Å²) in [6.45, 7) is 0. The first-order valence-corrected chi connectivity index (χ1v) is 7.13. The maximum atomic E-state index is 13.7. The third kappa shape index (κ3) is 2.76. The molecule has 1 aliphatic rings. The number of aliphatic hydroxyl groups excluding tert-OH is 1. The van der Waals surface area contributed by atoms with Crippen molar-refractivity contribution in [1.82, 2.24) is 4.57 Å². The van der Waals surface area contributed by atoms with Gasteiger partial charge in [0.15, 0.2) is 0 Å². The van der Waals surface area contributed by atoms with E-state index < -0.39 is 53.6 Å². The van der Waals surface area contributed by atoms with E-state index in [1.165, 1.54) is 0 Å². The van der Waals surface area contributed by atoms with Crippen LogP contribution in [0.15, 0.2) is 24.4 Å². The fourth-order valence-electron chi connectivity index (χ4n) is 2.96. The van der Waals surface area contributed by atoms with Crippen LogP contribution in [0.5, 0.6) is 0 Å². The highest BCUT2D eigenvalue weighted by Gasteiger charge is 2.50. The minimum atomic E-state index is -4.96. The van der Waals surface area contributed by atoms with Gasteiger partial charge in [-0.15, -0.1) is 0 Å². The van der Waals surface area contributed by atoms with E-state index in [2.05, 4.69) is 0 Å². The highest BCUT2D eigenvalue weighted by atomic mass is 19.4. The van der Waals surface area contributed by atoms with Gasteiger partial charge in [-0.1, -0.05) is 0 Å². The van der Waals surface area contributed by atoms with Crippen LogP contribution in [-0.2, 0) is 12.6 Å². The van der Waals surface area contributed by atoms with E-state index in [9.17, 15) is 31.4 Å². The summed E-state index contributed by atoms with van der Waals surface area (Å²) in [4.78, 5) is 0. The fourth-order valence-corrected chi connectivity index (χ4v) is 2.96. The highest BCUT2D eigenvalue weighted by molar-refractivity contribution is 5.49. The van der Waals surface area contributed by atoms with Crippen LogP contribution in [0, 0.1) is 17.1 Å². The van der Waals surface area contributed by atoms with E-state index in [4.69, 9.17) is 5.26 Å². The summed E-state index contributed by atoms with van der Waals surface area (Å²) in [5, 5.41) is 18.6. The van der Waals surface area contributed by atoms with Gasteiger partial charge < -0.3 is 9.67 Å². The first-order valence-electron chi connectivity index (χ1n) is 7.13. The van der Waals surface area contributed by atoms with Crippen molar-refractivity contribution in [2.75, 3.05) is 0 Å². The number of fused-ring (bicyclic) bond motifs is 1. The Hall–Kier alpha value is -2.47. The number of halogens is 6. The number of aliphatic hydroxyl groups is 1. The van der Waals surface area contributed by atoms with E-state index in [1.54, 1.807) is 6.07 Å². The van der Waals surface area contributed by atoms with Crippen molar-refractivity contribution in [3.05, 3.63) is 52.6 Å². The van der Waals surface area contributed by atoms with E-state index in [-0.39, 0.29) is 11.4 Å². The summed E-state index contributed by atoms with van der Waals surface area (Å²) in [7, 11) is 0. The lowest BCUT2D eigenvalue weighted by Crippen LogP contribution is -2.33. The Bertz CT molecular complexity index is 878. The standard InChI is InChI=1S/C16H10F6N2O/c17-11-2-1-9(5-8(11)6-23)24-7-10(16(20,21)22)13-12(24)3-4-15(18,19)14(13)25/h1-2,5,7,14,25H,3-4H2. The molecule has 3 rings (SSSR count). The average Bonchev–Trinajstić information content (AvgIpc) is 2.92. The number of benzene rings is 1. The first kappa shape index (κ1) is 17.4. The highest BCUT2D eigenvalue weighted by Crippen LogP contribution is 2.48. The number of nitrogens with zero attached hydrogens (tertiary/aromatic N) is 2. The van der Waals surface area contributed by atoms with E-state index in [1.807, 2.05) is 0 Å². The van der Waals surface area contributed by atoms with E-state index >= 15 is 0 Å². The summed E-state index contributed by atoms with van der Waals surface area (Å²) in [6.07, 6.45) is -8.19. The monoisotopic (exact) mass is 360 g/mol. The second-order valence-corrected chi connectivity index (χ2v) is 5.71. The smallest absolute Gasteiger partial charge is 0.382 e. The molecule has 9 heteroatoms. The zero-order chi connectivity index (χ0) is 18.6. The molecule has 0 radical (unpaired) electrons. The quantitative estimate of drug-likeness (QED) is 0.778. The second-order valence-electron chi connectivity index (χ2n) is 5.71. The van der Waals surface area contributed by atoms with Crippen LogP contribution >= 0.6 is 0 Å². The Balaban J connectivity index is 2.26. The third-order valence-corrected chi connectivity index (χ3v) is 4.17. The van der Waals surface area contributed by atoms with Gasteiger partial charge in [-0.3, -0.25) is 0 Å². The molecule has 132 valence electrons.